The molecule has 1 fully saturated rings. The molecule has 0 aliphatic carbocycles. The summed E-state index contributed by atoms with van der Waals surface area (Å²) in [6, 6.07) is 3.95. The van der Waals surface area contributed by atoms with Gasteiger partial charge in [-0.15, -0.1) is 0 Å². The van der Waals surface area contributed by atoms with Crippen LogP contribution in [-0.2, 0) is 16.1 Å². The fraction of sp³-hybridized carbons (Fsp3) is 0.579. The number of carbonyl (C=O) groups is 2. The molecule has 2 aromatic rings. The Hall–Kier alpha value is -2.44. The maximum Gasteiger partial charge on any atom is 0.227 e. The van der Waals surface area contributed by atoms with E-state index in [1.165, 1.54) is 6.92 Å². The predicted octanol–water partition coefficient (Wildman–Crippen LogP) is 1.93. The van der Waals surface area contributed by atoms with Gasteiger partial charge in [0.15, 0.2) is 5.65 Å². The van der Waals surface area contributed by atoms with Gasteiger partial charge in [-0.1, -0.05) is 20.8 Å². The van der Waals surface area contributed by atoms with Crippen LogP contribution in [0.15, 0.2) is 18.3 Å². The third kappa shape index (κ3) is 3.71. The standard InChI is InChI=1S/C19H27N5O2/c1-13(25)20-9-11-24-17-15(6-5-8-21-17)16(22-24)14-7-10-23(12-14)18(26)19(2,3)4/h5-6,8,14H,7,9-12H2,1-4H3,(H,20,25)/t14-/m0/s1. The molecule has 0 bridgehead atoms. The lowest BCUT2D eigenvalue weighted by atomic mass is 9.95. The lowest BCUT2D eigenvalue weighted by molar-refractivity contribution is -0.138. The normalized spacial score (nSPS) is 17.7. The second-order valence-electron chi connectivity index (χ2n) is 7.95. The maximum atomic E-state index is 12.6. The second kappa shape index (κ2) is 7.05. The van der Waals surface area contributed by atoms with Crippen molar-refractivity contribution < 1.29 is 9.59 Å². The molecule has 3 rings (SSSR count). The fourth-order valence-electron chi connectivity index (χ4n) is 3.47. The number of carbonyl (C=O) groups excluding carboxylic acids is 2. The highest BCUT2D eigenvalue weighted by Crippen LogP contribution is 2.33. The Morgan fingerprint density at radius 1 is 1.35 bits per heavy atom. The van der Waals surface area contributed by atoms with Gasteiger partial charge in [-0.3, -0.25) is 9.59 Å². The van der Waals surface area contributed by atoms with E-state index in [2.05, 4.69) is 10.3 Å². The van der Waals surface area contributed by atoms with Crippen molar-refractivity contribution in [3.63, 3.8) is 0 Å². The van der Waals surface area contributed by atoms with E-state index in [4.69, 9.17) is 5.10 Å². The third-order valence-corrected chi connectivity index (χ3v) is 4.74. The van der Waals surface area contributed by atoms with Gasteiger partial charge in [0.2, 0.25) is 11.8 Å². The van der Waals surface area contributed by atoms with E-state index < -0.39 is 0 Å². The number of aromatic nitrogens is 3. The summed E-state index contributed by atoms with van der Waals surface area (Å²) in [4.78, 5) is 30.1. The molecule has 2 amide bonds. The number of rotatable bonds is 4. The monoisotopic (exact) mass is 357 g/mol. The van der Waals surface area contributed by atoms with Crippen LogP contribution < -0.4 is 5.32 Å². The van der Waals surface area contributed by atoms with Crippen molar-refractivity contribution in [3.8, 4) is 0 Å². The quantitative estimate of drug-likeness (QED) is 0.907. The van der Waals surface area contributed by atoms with Crippen molar-refractivity contribution in [3.05, 3.63) is 24.0 Å². The van der Waals surface area contributed by atoms with E-state index in [1.54, 1.807) is 6.20 Å². The highest BCUT2D eigenvalue weighted by molar-refractivity contribution is 5.82. The Bertz CT molecular complexity index is 821. The molecular formula is C19H27N5O2. The summed E-state index contributed by atoms with van der Waals surface area (Å²) >= 11 is 0. The van der Waals surface area contributed by atoms with Gasteiger partial charge in [0.05, 0.1) is 12.2 Å². The lowest BCUT2D eigenvalue weighted by Gasteiger charge is -2.25. The van der Waals surface area contributed by atoms with Crippen LogP contribution in [0.2, 0.25) is 0 Å². The Balaban J connectivity index is 1.82. The first-order chi connectivity index (χ1) is 12.3. The first-order valence-corrected chi connectivity index (χ1v) is 9.12. The zero-order valence-electron chi connectivity index (χ0n) is 16.0. The van der Waals surface area contributed by atoms with Crippen LogP contribution in [0.1, 0.15) is 45.7 Å². The van der Waals surface area contributed by atoms with Gasteiger partial charge in [0, 0.05) is 49.5 Å². The van der Waals surface area contributed by atoms with Gasteiger partial charge in [-0.2, -0.15) is 5.10 Å². The summed E-state index contributed by atoms with van der Waals surface area (Å²) in [6.07, 6.45) is 2.67. The molecule has 26 heavy (non-hydrogen) atoms. The number of hydrogen-bond donors (Lipinski definition) is 1. The van der Waals surface area contributed by atoms with Gasteiger partial charge in [-0.25, -0.2) is 9.67 Å². The van der Waals surface area contributed by atoms with Crippen LogP contribution >= 0.6 is 0 Å². The number of nitrogens with one attached hydrogen (secondary N) is 1. The summed E-state index contributed by atoms with van der Waals surface area (Å²) in [5.74, 6) is 0.351. The molecule has 1 atom stereocenters. The Labute approximate surface area is 153 Å². The first-order valence-electron chi connectivity index (χ1n) is 9.12. The van der Waals surface area contributed by atoms with Gasteiger partial charge >= 0.3 is 0 Å². The zero-order chi connectivity index (χ0) is 18.9. The number of nitrogens with zero attached hydrogens (tertiary/aromatic N) is 4. The van der Waals surface area contributed by atoms with E-state index in [0.717, 1.165) is 29.7 Å². The fourth-order valence-corrected chi connectivity index (χ4v) is 3.47. The van der Waals surface area contributed by atoms with Crippen molar-refractivity contribution in [2.24, 2.45) is 5.41 Å². The van der Waals surface area contributed by atoms with Crippen LogP contribution in [0.25, 0.3) is 11.0 Å². The van der Waals surface area contributed by atoms with Crippen molar-refractivity contribution in [2.45, 2.75) is 46.6 Å². The minimum atomic E-state index is -0.365. The topological polar surface area (TPSA) is 80.1 Å². The molecule has 7 nitrogen and oxygen atoms in total. The molecular weight excluding hydrogens is 330 g/mol. The summed E-state index contributed by atoms with van der Waals surface area (Å²) in [6.45, 7) is 9.93. The van der Waals surface area contributed by atoms with Gasteiger partial charge < -0.3 is 10.2 Å². The molecule has 2 aromatic heterocycles. The molecule has 0 unspecified atom stereocenters. The zero-order valence-corrected chi connectivity index (χ0v) is 16.0. The van der Waals surface area contributed by atoms with Gasteiger partial charge in [0.1, 0.15) is 0 Å². The third-order valence-electron chi connectivity index (χ3n) is 4.74. The molecule has 1 aliphatic rings. The molecule has 1 aliphatic heterocycles. The summed E-state index contributed by atoms with van der Waals surface area (Å²) in [5.41, 5.74) is 1.46. The maximum absolute atomic E-state index is 12.6. The van der Waals surface area contributed by atoms with Crippen LogP contribution in [0.4, 0.5) is 0 Å². The molecule has 0 radical (unpaired) electrons. The summed E-state index contributed by atoms with van der Waals surface area (Å²) in [7, 11) is 0. The van der Waals surface area contributed by atoms with Crippen molar-refractivity contribution in [1.29, 1.82) is 0 Å². The molecule has 1 N–H and O–H groups in total. The van der Waals surface area contributed by atoms with Crippen LogP contribution in [-0.4, -0.2) is 51.1 Å². The Morgan fingerprint density at radius 2 is 2.12 bits per heavy atom. The Kier molecular flexibility index (Phi) is 4.98. The Morgan fingerprint density at radius 3 is 2.81 bits per heavy atom. The largest absolute Gasteiger partial charge is 0.354 e. The highest BCUT2D eigenvalue weighted by atomic mass is 16.2. The number of likely N-dealkylation sites (tertiary alicyclic amines) is 1. The number of fused-ring (bicyclic) bond motifs is 1. The molecule has 7 heteroatoms. The van der Waals surface area contributed by atoms with E-state index in [-0.39, 0.29) is 23.1 Å². The van der Waals surface area contributed by atoms with E-state index >= 15 is 0 Å². The molecule has 140 valence electrons. The van der Waals surface area contributed by atoms with Crippen LogP contribution in [0.3, 0.4) is 0 Å². The predicted molar refractivity (Wildman–Crippen MR) is 99.6 cm³/mol. The highest BCUT2D eigenvalue weighted by Gasteiger charge is 2.35. The molecule has 0 saturated carbocycles. The molecule has 0 aromatic carbocycles. The number of hydrogen-bond acceptors (Lipinski definition) is 4. The summed E-state index contributed by atoms with van der Waals surface area (Å²) in [5, 5.41) is 8.62. The average Bonchev–Trinajstić information content (AvgIpc) is 3.18. The smallest absolute Gasteiger partial charge is 0.227 e. The number of pyridine rings is 1. The molecule has 1 saturated heterocycles. The van der Waals surface area contributed by atoms with Gasteiger partial charge in [-0.05, 0) is 18.6 Å². The molecule has 3 heterocycles. The van der Waals surface area contributed by atoms with E-state index in [0.29, 0.717) is 19.6 Å². The number of amides is 2. The van der Waals surface area contributed by atoms with E-state index in [1.807, 2.05) is 42.5 Å². The lowest BCUT2D eigenvalue weighted by Crippen LogP contribution is -2.37. The van der Waals surface area contributed by atoms with Crippen molar-refractivity contribution in [2.75, 3.05) is 19.6 Å². The molecule has 0 spiro atoms. The SMILES string of the molecule is CC(=O)NCCn1nc([C@H]2CCN(C(=O)C(C)(C)C)C2)c2cccnc21. The first kappa shape index (κ1) is 18.4. The van der Waals surface area contributed by atoms with Crippen LogP contribution in [0, 0.1) is 5.41 Å². The van der Waals surface area contributed by atoms with Gasteiger partial charge in [0.25, 0.3) is 0 Å². The van der Waals surface area contributed by atoms with Crippen LogP contribution in [0.5, 0.6) is 0 Å². The van der Waals surface area contributed by atoms with Crippen molar-refractivity contribution >= 4 is 22.8 Å². The minimum absolute atomic E-state index is 0.0539. The summed E-state index contributed by atoms with van der Waals surface area (Å²) < 4.78 is 1.86. The van der Waals surface area contributed by atoms with Crippen molar-refractivity contribution in [1.82, 2.24) is 25.0 Å². The minimum Gasteiger partial charge on any atom is -0.354 e. The average molecular weight is 357 g/mol. The second-order valence-corrected chi connectivity index (χ2v) is 7.95. The van der Waals surface area contributed by atoms with E-state index in [9.17, 15) is 9.59 Å².